The van der Waals surface area contributed by atoms with Gasteiger partial charge in [-0.2, -0.15) is 11.8 Å². The number of guanidine groups is 1. The molecule has 7 heteroatoms. The second kappa shape index (κ2) is 13.6. The molecule has 0 bridgehead atoms. The molecule has 0 saturated carbocycles. The maximum atomic E-state index is 5.33. The molecule has 138 valence electrons. The maximum absolute atomic E-state index is 5.33. The quantitative estimate of drug-likeness (QED) is 0.254. The fourth-order valence-electron chi connectivity index (χ4n) is 2.21. The second-order valence-corrected chi connectivity index (χ2v) is 6.38. The van der Waals surface area contributed by atoms with Crippen LogP contribution in [0.4, 0.5) is 0 Å². The van der Waals surface area contributed by atoms with E-state index in [2.05, 4.69) is 54.9 Å². The highest BCUT2D eigenvalue weighted by atomic mass is 127. The van der Waals surface area contributed by atoms with Gasteiger partial charge in [0.25, 0.3) is 0 Å². The molecule has 0 radical (unpaired) electrons. The molecule has 0 aromatic heterocycles. The zero-order chi connectivity index (χ0) is 17.1. The monoisotopic (exact) mass is 466 g/mol. The molecule has 24 heavy (non-hydrogen) atoms. The van der Waals surface area contributed by atoms with Crippen LogP contribution >= 0.6 is 35.7 Å². The molecule has 1 atom stereocenters. The third kappa shape index (κ3) is 8.43. The fraction of sp³-hybridized carbons (Fsp3) is 0.588. The molecule has 1 aromatic carbocycles. The predicted octanol–water partition coefficient (Wildman–Crippen LogP) is 2.83. The summed E-state index contributed by atoms with van der Waals surface area (Å²) in [5.41, 5.74) is 1.21. The van der Waals surface area contributed by atoms with Crippen molar-refractivity contribution >= 4 is 41.7 Å². The summed E-state index contributed by atoms with van der Waals surface area (Å²) in [7, 11) is 5.85. The minimum Gasteiger partial charge on any atom is -0.497 e. The first-order valence-corrected chi connectivity index (χ1v) is 9.33. The largest absolute Gasteiger partial charge is 0.497 e. The van der Waals surface area contributed by atoms with Gasteiger partial charge in [-0.15, -0.1) is 24.0 Å². The molecule has 0 aliphatic carbocycles. The van der Waals surface area contributed by atoms with Gasteiger partial charge < -0.3 is 20.3 Å². The van der Waals surface area contributed by atoms with E-state index >= 15 is 0 Å². The molecule has 1 unspecified atom stereocenters. The van der Waals surface area contributed by atoms with Gasteiger partial charge in [0, 0.05) is 18.8 Å². The Morgan fingerprint density at radius 3 is 2.67 bits per heavy atom. The summed E-state index contributed by atoms with van der Waals surface area (Å²) in [4.78, 5) is 6.93. The number of nitrogens with zero attached hydrogens (tertiary/aromatic N) is 2. The summed E-state index contributed by atoms with van der Waals surface area (Å²) in [5, 5.41) is 6.66. The summed E-state index contributed by atoms with van der Waals surface area (Å²) in [6.07, 6.45) is 2.11. The number of aliphatic imine (C=N–C) groups is 1. The molecule has 0 aliphatic heterocycles. The highest BCUT2D eigenvalue weighted by Crippen LogP contribution is 2.22. The Bertz CT molecular complexity index is 485. The summed E-state index contributed by atoms with van der Waals surface area (Å²) >= 11 is 1.82. The van der Waals surface area contributed by atoms with E-state index in [1.807, 2.05) is 23.9 Å². The summed E-state index contributed by atoms with van der Waals surface area (Å²) in [6.45, 7) is 4.54. The lowest BCUT2D eigenvalue weighted by atomic mass is 10.1. The van der Waals surface area contributed by atoms with Crippen LogP contribution < -0.4 is 15.4 Å². The number of thioether (sulfide) groups is 1. The van der Waals surface area contributed by atoms with E-state index in [1.54, 1.807) is 7.11 Å². The minimum absolute atomic E-state index is 0. The SMILES string of the molecule is CCNC(=NCC(c1cccc(OC)c1)N(C)C)NCCSC.I. The van der Waals surface area contributed by atoms with Gasteiger partial charge in [-0.1, -0.05) is 12.1 Å². The van der Waals surface area contributed by atoms with Gasteiger partial charge in [0.1, 0.15) is 5.75 Å². The van der Waals surface area contributed by atoms with E-state index in [0.717, 1.165) is 30.6 Å². The van der Waals surface area contributed by atoms with Crippen molar-refractivity contribution < 1.29 is 4.74 Å². The van der Waals surface area contributed by atoms with Crippen molar-refractivity contribution in [2.75, 3.05) is 52.8 Å². The number of hydrogen-bond acceptors (Lipinski definition) is 4. The van der Waals surface area contributed by atoms with Crippen LogP contribution in [0, 0.1) is 0 Å². The smallest absolute Gasteiger partial charge is 0.191 e. The van der Waals surface area contributed by atoms with Gasteiger partial charge in [0.15, 0.2) is 5.96 Å². The average molecular weight is 466 g/mol. The van der Waals surface area contributed by atoms with E-state index < -0.39 is 0 Å². The lowest BCUT2D eigenvalue weighted by Crippen LogP contribution is -2.39. The topological polar surface area (TPSA) is 48.9 Å². The van der Waals surface area contributed by atoms with Gasteiger partial charge in [0.2, 0.25) is 0 Å². The molecular weight excluding hydrogens is 435 g/mol. The number of halogens is 1. The predicted molar refractivity (Wildman–Crippen MR) is 117 cm³/mol. The Hall–Kier alpha value is -0.670. The van der Waals surface area contributed by atoms with E-state index in [0.29, 0.717) is 6.54 Å². The van der Waals surface area contributed by atoms with Crippen molar-refractivity contribution in [3.8, 4) is 5.75 Å². The lowest BCUT2D eigenvalue weighted by molar-refractivity contribution is 0.305. The molecule has 2 N–H and O–H groups in total. The summed E-state index contributed by atoms with van der Waals surface area (Å²) < 4.78 is 5.33. The van der Waals surface area contributed by atoms with Crippen molar-refractivity contribution in [3.05, 3.63) is 29.8 Å². The van der Waals surface area contributed by atoms with Crippen LogP contribution in [0.5, 0.6) is 5.75 Å². The first-order valence-electron chi connectivity index (χ1n) is 7.93. The van der Waals surface area contributed by atoms with E-state index in [9.17, 15) is 0 Å². The van der Waals surface area contributed by atoms with Crippen LogP contribution in [0.1, 0.15) is 18.5 Å². The molecule has 0 spiro atoms. The molecule has 5 nitrogen and oxygen atoms in total. The van der Waals surface area contributed by atoms with Gasteiger partial charge in [-0.05, 0) is 45.0 Å². The molecule has 0 saturated heterocycles. The zero-order valence-electron chi connectivity index (χ0n) is 15.3. The van der Waals surface area contributed by atoms with E-state index in [-0.39, 0.29) is 30.0 Å². The van der Waals surface area contributed by atoms with Gasteiger partial charge in [0.05, 0.1) is 19.7 Å². The van der Waals surface area contributed by atoms with Crippen LogP contribution in [-0.4, -0.2) is 63.7 Å². The van der Waals surface area contributed by atoms with Crippen LogP contribution in [0.2, 0.25) is 0 Å². The van der Waals surface area contributed by atoms with Crippen molar-refractivity contribution in [3.63, 3.8) is 0 Å². The zero-order valence-corrected chi connectivity index (χ0v) is 18.5. The van der Waals surface area contributed by atoms with Gasteiger partial charge in [-0.3, -0.25) is 4.99 Å². The van der Waals surface area contributed by atoms with Crippen LogP contribution in [0.25, 0.3) is 0 Å². The van der Waals surface area contributed by atoms with Gasteiger partial charge in [-0.25, -0.2) is 0 Å². The Kier molecular flexibility index (Phi) is 13.2. The van der Waals surface area contributed by atoms with Crippen molar-refractivity contribution in [1.82, 2.24) is 15.5 Å². The molecule has 0 fully saturated rings. The molecule has 1 aromatic rings. The number of nitrogens with one attached hydrogen (secondary N) is 2. The molecule has 1 rings (SSSR count). The van der Waals surface area contributed by atoms with Crippen molar-refractivity contribution in [1.29, 1.82) is 0 Å². The van der Waals surface area contributed by atoms with E-state index in [1.165, 1.54) is 5.56 Å². The first kappa shape index (κ1) is 23.3. The highest BCUT2D eigenvalue weighted by molar-refractivity contribution is 14.0. The Morgan fingerprint density at radius 2 is 2.08 bits per heavy atom. The summed E-state index contributed by atoms with van der Waals surface area (Å²) in [5.74, 6) is 2.82. The molecular formula is C17H31IN4OS. The van der Waals surface area contributed by atoms with Gasteiger partial charge >= 0.3 is 0 Å². The van der Waals surface area contributed by atoms with Crippen molar-refractivity contribution in [2.24, 2.45) is 4.99 Å². The number of benzene rings is 1. The molecule has 0 amide bonds. The Labute approximate surface area is 168 Å². The number of methoxy groups -OCH3 is 1. The normalized spacial score (nSPS) is 12.5. The Morgan fingerprint density at radius 1 is 1.33 bits per heavy atom. The number of likely N-dealkylation sites (N-methyl/N-ethyl adjacent to an activating group) is 1. The molecule has 0 heterocycles. The van der Waals surface area contributed by atoms with Crippen molar-refractivity contribution in [2.45, 2.75) is 13.0 Å². The summed E-state index contributed by atoms with van der Waals surface area (Å²) in [6, 6.07) is 8.40. The lowest BCUT2D eigenvalue weighted by Gasteiger charge is -2.24. The molecule has 0 aliphatic rings. The van der Waals surface area contributed by atoms with Crippen LogP contribution in [0.3, 0.4) is 0 Å². The standard InChI is InChI=1S/C17H30N4OS.HI/c1-6-18-17(19-10-11-23-5)20-13-16(21(2)3)14-8-7-9-15(12-14)22-4;/h7-9,12,16H,6,10-11,13H2,1-5H3,(H2,18,19,20);1H. The third-order valence-electron chi connectivity index (χ3n) is 3.47. The number of rotatable bonds is 9. The van der Waals surface area contributed by atoms with Crippen LogP contribution in [-0.2, 0) is 0 Å². The Balaban J connectivity index is 0.00000529. The van der Waals surface area contributed by atoms with Crippen LogP contribution in [0.15, 0.2) is 29.3 Å². The number of ether oxygens (including phenoxy) is 1. The average Bonchev–Trinajstić information content (AvgIpc) is 2.55. The minimum atomic E-state index is 0. The first-order chi connectivity index (χ1) is 11.1. The second-order valence-electron chi connectivity index (χ2n) is 5.40. The third-order valence-corrected chi connectivity index (χ3v) is 4.08. The van der Waals surface area contributed by atoms with E-state index in [4.69, 9.17) is 9.73 Å². The fourth-order valence-corrected chi connectivity index (χ4v) is 2.51. The highest BCUT2D eigenvalue weighted by Gasteiger charge is 2.14. The maximum Gasteiger partial charge on any atom is 0.191 e. The number of hydrogen-bond donors (Lipinski definition) is 2.